The number of benzene rings is 1. The first kappa shape index (κ1) is 12.8. The van der Waals surface area contributed by atoms with Gasteiger partial charge in [-0.25, -0.2) is 0 Å². The van der Waals surface area contributed by atoms with Gasteiger partial charge in [0, 0.05) is 18.3 Å². The number of nitrogens with one attached hydrogen (secondary N) is 1. The predicted molar refractivity (Wildman–Crippen MR) is 76.9 cm³/mol. The molecule has 5 heteroatoms. The van der Waals surface area contributed by atoms with Crippen molar-refractivity contribution in [2.45, 2.75) is 24.3 Å². The van der Waals surface area contributed by atoms with Crippen molar-refractivity contribution in [1.29, 1.82) is 0 Å². The van der Waals surface area contributed by atoms with Gasteiger partial charge >= 0.3 is 5.97 Å². The molecule has 1 spiro atoms. The number of carbonyl (C=O) groups excluding carboxylic acids is 2. The van der Waals surface area contributed by atoms with Crippen LogP contribution in [0.4, 0.5) is 5.69 Å². The maximum absolute atomic E-state index is 12.8. The maximum Gasteiger partial charge on any atom is 0.311 e. The third-order valence-corrected chi connectivity index (χ3v) is 5.30. The molecule has 4 rings (SSSR count). The zero-order chi connectivity index (χ0) is 14.6. The van der Waals surface area contributed by atoms with E-state index in [1.54, 1.807) is 0 Å². The summed E-state index contributed by atoms with van der Waals surface area (Å²) in [6, 6.07) is 7.82. The lowest BCUT2D eigenvalue weighted by molar-refractivity contribution is -0.150. The molecule has 2 saturated heterocycles. The fourth-order valence-electron chi connectivity index (χ4n) is 4.46. The molecule has 110 valence electrons. The number of ether oxygens (including phenoxy) is 1. The highest BCUT2D eigenvalue weighted by Gasteiger charge is 2.64. The van der Waals surface area contributed by atoms with E-state index in [-0.39, 0.29) is 17.9 Å². The molecule has 0 bridgehead atoms. The minimum Gasteiger partial charge on any atom is -0.469 e. The fraction of sp³-hybridized carbons (Fsp3) is 0.500. The molecule has 3 heterocycles. The number of hydrogen-bond donors (Lipinski definition) is 1. The monoisotopic (exact) mass is 286 g/mol. The third kappa shape index (κ3) is 1.50. The number of esters is 1. The van der Waals surface area contributed by atoms with Crippen molar-refractivity contribution in [2.24, 2.45) is 5.92 Å². The number of carbonyl (C=O) groups is 2. The molecular weight excluding hydrogens is 268 g/mol. The van der Waals surface area contributed by atoms with Gasteiger partial charge in [-0.1, -0.05) is 18.2 Å². The van der Waals surface area contributed by atoms with Crippen molar-refractivity contribution in [3.05, 3.63) is 29.8 Å². The number of amides is 1. The SMILES string of the molecule is COC(=O)[C@H]1[C@@H]2CCCN2C[C@]12C(=O)Nc1ccccc12. The summed E-state index contributed by atoms with van der Waals surface area (Å²) in [5.41, 5.74) is 0.992. The summed E-state index contributed by atoms with van der Waals surface area (Å²) in [6.07, 6.45) is 2.04. The van der Waals surface area contributed by atoms with Crippen LogP contribution in [0.15, 0.2) is 24.3 Å². The minimum absolute atomic E-state index is 0.0616. The molecule has 1 aromatic carbocycles. The van der Waals surface area contributed by atoms with Crippen LogP contribution in [0.5, 0.6) is 0 Å². The molecular formula is C16H18N2O3. The Morgan fingerprint density at radius 3 is 3.05 bits per heavy atom. The van der Waals surface area contributed by atoms with Gasteiger partial charge in [0.25, 0.3) is 0 Å². The molecule has 21 heavy (non-hydrogen) atoms. The van der Waals surface area contributed by atoms with Gasteiger partial charge in [0.15, 0.2) is 0 Å². The van der Waals surface area contributed by atoms with Gasteiger partial charge < -0.3 is 10.1 Å². The molecule has 1 amide bonds. The Kier molecular flexibility index (Phi) is 2.63. The molecule has 3 aliphatic heterocycles. The standard InChI is InChI=1S/C16H18N2O3/c1-21-14(19)13-12-7-4-8-18(12)9-16(13)10-5-2-3-6-11(10)17-15(16)20/h2-3,5-6,12-13H,4,7-9H2,1H3,(H,17,20)/t12-,13+,16+/m0/s1. The lowest BCUT2D eigenvalue weighted by atomic mass is 9.70. The van der Waals surface area contributed by atoms with Crippen LogP contribution in [-0.2, 0) is 19.7 Å². The van der Waals surface area contributed by atoms with E-state index >= 15 is 0 Å². The van der Waals surface area contributed by atoms with Crippen LogP contribution in [0.3, 0.4) is 0 Å². The summed E-state index contributed by atoms with van der Waals surface area (Å²) in [5, 5.41) is 2.96. The maximum atomic E-state index is 12.8. The number of rotatable bonds is 1. The van der Waals surface area contributed by atoms with Crippen LogP contribution in [0, 0.1) is 5.92 Å². The highest BCUT2D eigenvalue weighted by atomic mass is 16.5. The summed E-state index contributed by atoms with van der Waals surface area (Å²) in [5.74, 6) is -0.738. The van der Waals surface area contributed by atoms with Crippen molar-refractivity contribution in [3.8, 4) is 0 Å². The Morgan fingerprint density at radius 2 is 2.24 bits per heavy atom. The first-order chi connectivity index (χ1) is 10.2. The van der Waals surface area contributed by atoms with E-state index in [0.29, 0.717) is 6.54 Å². The number of methoxy groups -OCH3 is 1. The molecule has 1 N–H and O–H groups in total. The van der Waals surface area contributed by atoms with E-state index < -0.39 is 11.3 Å². The zero-order valence-corrected chi connectivity index (χ0v) is 12.0. The van der Waals surface area contributed by atoms with Crippen LogP contribution in [0.1, 0.15) is 18.4 Å². The van der Waals surface area contributed by atoms with Crippen LogP contribution in [-0.4, -0.2) is 43.0 Å². The summed E-state index contributed by atoms with van der Waals surface area (Å²) >= 11 is 0. The quantitative estimate of drug-likeness (QED) is 0.787. The molecule has 2 fully saturated rings. The van der Waals surface area contributed by atoms with E-state index in [1.807, 2.05) is 24.3 Å². The van der Waals surface area contributed by atoms with E-state index in [2.05, 4.69) is 10.2 Å². The summed E-state index contributed by atoms with van der Waals surface area (Å²) in [4.78, 5) is 27.5. The summed E-state index contributed by atoms with van der Waals surface area (Å²) in [6.45, 7) is 1.57. The highest BCUT2D eigenvalue weighted by molar-refractivity contribution is 6.09. The summed E-state index contributed by atoms with van der Waals surface area (Å²) < 4.78 is 5.05. The van der Waals surface area contributed by atoms with Gasteiger partial charge in [-0.15, -0.1) is 0 Å². The highest BCUT2D eigenvalue weighted by Crippen LogP contribution is 2.52. The lowest BCUT2D eigenvalue weighted by Gasteiger charge is -2.28. The van der Waals surface area contributed by atoms with Crippen LogP contribution >= 0.6 is 0 Å². The molecule has 1 aromatic rings. The second-order valence-corrected chi connectivity index (χ2v) is 6.15. The Morgan fingerprint density at radius 1 is 1.43 bits per heavy atom. The van der Waals surface area contributed by atoms with E-state index in [9.17, 15) is 9.59 Å². The molecule has 0 aromatic heterocycles. The molecule has 0 radical (unpaired) electrons. The first-order valence-corrected chi connectivity index (χ1v) is 7.41. The van der Waals surface area contributed by atoms with Crippen molar-refractivity contribution in [1.82, 2.24) is 4.90 Å². The normalized spacial score (nSPS) is 33.9. The Balaban J connectivity index is 1.89. The average Bonchev–Trinajstić information content (AvgIpc) is 3.12. The van der Waals surface area contributed by atoms with Crippen LogP contribution in [0.2, 0.25) is 0 Å². The molecule has 5 nitrogen and oxygen atoms in total. The first-order valence-electron chi connectivity index (χ1n) is 7.41. The van der Waals surface area contributed by atoms with Crippen LogP contribution < -0.4 is 5.32 Å². The minimum atomic E-state index is -0.783. The number of para-hydroxylation sites is 1. The lowest BCUT2D eigenvalue weighted by Crippen LogP contribution is -2.47. The van der Waals surface area contributed by atoms with E-state index in [1.165, 1.54) is 7.11 Å². The average molecular weight is 286 g/mol. The second kappa shape index (κ2) is 4.31. The van der Waals surface area contributed by atoms with Gasteiger partial charge in [0.1, 0.15) is 5.41 Å². The van der Waals surface area contributed by atoms with Crippen molar-refractivity contribution < 1.29 is 14.3 Å². The van der Waals surface area contributed by atoms with Crippen molar-refractivity contribution in [2.75, 3.05) is 25.5 Å². The molecule has 0 saturated carbocycles. The largest absolute Gasteiger partial charge is 0.469 e. The predicted octanol–water partition coefficient (Wildman–Crippen LogP) is 1.14. The molecule has 3 atom stereocenters. The van der Waals surface area contributed by atoms with Crippen molar-refractivity contribution >= 4 is 17.6 Å². The van der Waals surface area contributed by atoms with E-state index in [4.69, 9.17) is 4.74 Å². The molecule has 0 aliphatic carbocycles. The number of nitrogens with zero attached hydrogens (tertiary/aromatic N) is 1. The number of anilines is 1. The number of fused-ring (bicyclic) bond motifs is 3. The van der Waals surface area contributed by atoms with Gasteiger partial charge in [0.2, 0.25) is 5.91 Å². The van der Waals surface area contributed by atoms with Crippen LogP contribution in [0.25, 0.3) is 0 Å². The Bertz CT molecular complexity index is 630. The van der Waals surface area contributed by atoms with Gasteiger partial charge in [-0.2, -0.15) is 0 Å². The van der Waals surface area contributed by atoms with Gasteiger partial charge in [-0.3, -0.25) is 14.5 Å². The third-order valence-electron chi connectivity index (χ3n) is 5.30. The topological polar surface area (TPSA) is 58.6 Å². The van der Waals surface area contributed by atoms with Gasteiger partial charge in [0.05, 0.1) is 13.0 Å². The molecule has 3 aliphatic rings. The Hall–Kier alpha value is -1.88. The smallest absolute Gasteiger partial charge is 0.311 e. The van der Waals surface area contributed by atoms with Gasteiger partial charge in [-0.05, 0) is 31.0 Å². The van der Waals surface area contributed by atoms with Crippen molar-refractivity contribution in [3.63, 3.8) is 0 Å². The summed E-state index contributed by atoms with van der Waals surface area (Å²) in [7, 11) is 1.41. The molecule has 0 unspecified atom stereocenters. The zero-order valence-electron chi connectivity index (χ0n) is 12.0. The number of hydrogen-bond acceptors (Lipinski definition) is 4. The van der Waals surface area contributed by atoms with E-state index in [0.717, 1.165) is 30.6 Å². The second-order valence-electron chi connectivity index (χ2n) is 6.15. The fourth-order valence-corrected chi connectivity index (χ4v) is 4.46. The Labute approximate surface area is 123 Å².